The average Bonchev–Trinajstić information content (AvgIpc) is 3.34. The number of hydrogen-bond donors (Lipinski definition) is 0. The van der Waals surface area contributed by atoms with E-state index in [1.807, 2.05) is 12.1 Å². The molecule has 37 heavy (non-hydrogen) atoms. The number of furan rings is 1. The van der Waals surface area contributed by atoms with Crippen molar-refractivity contribution in [1.82, 2.24) is 0 Å². The lowest BCUT2D eigenvalue weighted by Gasteiger charge is -2.32. The normalized spacial score (nSPS) is 24.4. The zero-order chi connectivity index (χ0) is 25.5. The molecule has 7 rings (SSSR count). The molecule has 1 aliphatic heterocycles. The Morgan fingerprint density at radius 1 is 0.757 bits per heavy atom. The van der Waals surface area contributed by atoms with E-state index in [4.69, 9.17) is 13.7 Å². The number of rotatable bonds is 2. The molecule has 2 heterocycles. The van der Waals surface area contributed by atoms with Gasteiger partial charge in [0.25, 0.3) is 0 Å². The summed E-state index contributed by atoms with van der Waals surface area (Å²) in [5.74, 6) is 0.736. The molecule has 0 amide bonds. The maximum absolute atomic E-state index is 6.40. The van der Waals surface area contributed by atoms with E-state index in [-0.39, 0.29) is 18.3 Å². The van der Waals surface area contributed by atoms with Gasteiger partial charge in [-0.05, 0) is 84.8 Å². The van der Waals surface area contributed by atoms with Gasteiger partial charge < -0.3 is 13.7 Å². The molecule has 0 N–H and O–H groups in total. The largest absolute Gasteiger partial charge is 0.494 e. The molecule has 3 aliphatic rings. The van der Waals surface area contributed by atoms with Crippen LogP contribution in [0.25, 0.3) is 38.3 Å². The van der Waals surface area contributed by atoms with Crippen LogP contribution in [0.15, 0.2) is 100 Å². The fourth-order valence-electron chi connectivity index (χ4n) is 5.93. The molecule has 184 valence electrons. The van der Waals surface area contributed by atoms with Gasteiger partial charge in [0.2, 0.25) is 0 Å². The monoisotopic (exact) mass is 486 g/mol. The minimum atomic E-state index is -0.375. The summed E-state index contributed by atoms with van der Waals surface area (Å²) >= 11 is 0. The van der Waals surface area contributed by atoms with Gasteiger partial charge in [0.1, 0.15) is 11.2 Å². The lowest BCUT2D eigenvalue weighted by atomic mass is 9.68. The van der Waals surface area contributed by atoms with Crippen molar-refractivity contribution in [3.05, 3.63) is 102 Å². The van der Waals surface area contributed by atoms with Crippen molar-refractivity contribution in [1.29, 1.82) is 0 Å². The standard InChI is InChI=1S/C33H31BO3/c1-20-13-15-25(28-18-22(14-16-23(20)28)34-36-32(2,3)33(4,5)37-34)24-11-8-9-21-17-29-26-10-6-7-12-30(26)35-31(29)19-27(21)24/h6-20,23H,1-5H3. The van der Waals surface area contributed by atoms with E-state index in [1.165, 1.54) is 27.5 Å². The van der Waals surface area contributed by atoms with E-state index >= 15 is 0 Å². The van der Waals surface area contributed by atoms with Crippen LogP contribution in [0.2, 0.25) is 0 Å². The molecule has 4 heteroatoms. The van der Waals surface area contributed by atoms with Crippen molar-refractivity contribution in [2.75, 3.05) is 0 Å². The summed E-state index contributed by atoms with van der Waals surface area (Å²) in [4.78, 5) is 0. The van der Waals surface area contributed by atoms with Gasteiger partial charge in [0, 0.05) is 16.7 Å². The molecule has 0 bridgehead atoms. The number of para-hydroxylation sites is 1. The molecule has 0 radical (unpaired) electrons. The zero-order valence-electron chi connectivity index (χ0n) is 22.0. The maximum Gasteiger partial charge on any atom is 0.494 e. The van der Waals surface area contributed by atoms with Gasteiger partial charge in [0.15, 0.2) is 0 Å². The molecule has 3 aromatic carbocycles. The Balaban J connectivity index is 1.40. The first-order valence-corrected chi connectivity index (χ1v) is 13.2. The first-order chi connectivity index (χ1) is 17.7. The van der Waals surface area contributed by atoms with Gasteiger partial charge in [-0.3, -0.25) is 0 Å². The number of fused-ring (bicyclic) bond motifs is 5. The summed E-state index contributed by atoms with van der Waals surface area (Å²) in [5, 5.41) is 4.74. The maximum atomic E-state index is 6.40. The fraction of sp³-hybridized carbons (Fsp3) is 0.273. The van der Waals surface area contributed by atoms with Crippen molar-refractivity contribution in [3.63, 3.8) is 0 Å². The highest BCUT2D eigenvalue weighted by atomic mass is 16.7. The number of allylic oxidation sites excluding steroid dienone is 8. The molecule has 2 atom stereocenters. The summed E-state index contributed by atoms with van der Waals surface area (Å²) in [5.41, 5.74) is 5.99. The first-order valence-electron chi connectivity index (χ1n) is 13.2. The highest BCUT2D eigenvalue weighted by molar-refractivity contribution is 6.55. The molecule has 1 saturated heterocycles. The summed E-state index contributed by atoms with van der Waals surface area (Å²) < 4.78 is 19.1. The van der Waals surface area contributed by atoms with Crippen LogP contribution in [0.4, 0.5) is 0 Å². The van der Waals surface area contributed by atoms with Gasteiger partial charge in [0.05, 0.1) is 11.2 Å². The van der Waals surface area contributed by atoms with Gasteiger partial charge >= 0.3 is 7.12 Å². The Hall–Kier alpha value is -3.34. The van der Waals surface area contributed by atoms with Crippen LogP contribution >= 0.6 is 0 Å². The molecule has 1 fully saturated rings. The Kier molecular flexibility index (Phi) is 4.83. The fourth-order valence-corrected chi connectivity index (χ4v) is 5.93. The molecular weight excluding hydrogens is 455 g/mol. The quantitative estimate of drug-likeness (QED) is 0.267. The van der Waals surface area contributed by atoms with Crippen LogP contribution < -0.4 is 0 Å². The zero-order valence-corrected chi connectivity index (χ0v) is 22.0. The van der Waals surface area contributed by atoms with Crippen molar-refractivity contribution in [3.8, 4) is 0 Å². The van der Waals surface area contributed by atoms with E-state index < -0.39 is 0 Å². The number of hydrogen-bond acceptors (Lipinski definition) is 3. The predicted octanol–water partition coefficient (Wildman–Crippen LogP) is 8.44. The Bertz CT molecular complexity index is 1700. The lowest BCUT2D eigenvalue weighted by molar-refractivity contribution is 0.00578. The highest BCUT2D eigenvalue weighted by Gasteiger charge is 2.52. The molecule has 2 unspecified atom stereocenters. The average molecular weight is 486 g/mol. The molecule has 0 spiro atoms. The van der Waals surface area contributed by atoms with Crippen molar-refractivity contribution < 1.29 is 13.7 Å². The van der Waals surface area contributed by atoms with Crippen molar-refractivity contribution in [2.24, 2.45) is 11.8 Å². The van der Waals surface area contributed by atoms with E-state index in [2.05, 4.69) is 107 Å². The van der Waals surface area contributed by atoms with Crippen molar-refractivity contribution >= 4 is 45.4 Å². The van der Waals surface area contributed by atoms with Crippen LogP contribution in [-0.2, 0) is 9.31 Å². The van der Waals surface area contributed by atoms with Crippen LogP contribution in [0.3, 0.4) is 0 Å². The van der Waals surface area contributed by atoms with E-state index in [0.717, 1.165) is 27.4 Å². The molecule has 3 nitrogen and oxygen atoms in total. The smallest absolute Gasteiger partial charge is 0.456 e. The Morgan fingerprint density at radius 3 is 2.35 bits per heavy atom. The number of benzene rings is 3. The minimum Gasteiger partial charge on any atom is -0.456 e. The highest BCUT2D eigenvalue weighted by Crippen LogP contribution is 2.45. The first kappa shape index (κ1) is 22.8. The van der Waals surface area contributed by atoms with Gasteiger partial charge in [-0.1, -0.05) is 73.7 Å². The second-order valence-electron chi connectivity index (χ2n) is 11.7. The predicted molar refractivity (Wildman–Crippen MR) is 153 cm³/mol. The van der Waals surface area contributed by atoms with Crippen LogP contribution in [0, 0.1) is 11.8 Å². The molecule has 4 aromatic rings. The molecular formula is C33H31BO3. The topological polar surface area (TPSA) is 31.6 Å². The van der Waals surface area contributed by atoms with Crippen molar-refractivity contribution in [2.45, 2.75) is 45.8 Å². The third kappa shape index (κ3) is 3.43. The minimum absolute atomic E-state index is 0.316. The summed E-state index contributed by atoms with van der Waals surface area (Å²) in [6.45, 7) is 10.7. The SMILES string of the molecule is CC1C=CC(c2cccc3cc4c(cc23)oc2ccccc24)=C2C=C(B3OC(C)(C)C(C)(C)O3)C=CC21. The molecule has 1 aromatic heterocycles. The Labute approximate surface area is 218 Å². The third-order valence-electron chi connectivity index (χ3n) is 8.81. The molecule has 2 aliphatic carbocycles. The van der Waals surface area contributed by atoms with Crippen LogP contribution in [-0.4, -0.2) is 18.3 Å². The van der Waals surface area contributed by atoms with E-state index in [0.29, 0.717) is 11.8 Å². The second-order valence-corrected chi connectivity index (χ2v) is 11.7. The van der Waals surface area contributed by atoms with E-state index in [1.54, 1.807) is 0 Å². The summed E-state index contributed by atoms with van der Waals surface area (Å²) in [7, 11) is -0.375. The summed E-state index contributed by atoms with van der Waals surface area (Å²) in [6.07, 6.45) is 11.5. The lowest BCUT2D eigenvalue weighted by Crippen LogP contribution is -2.41. The second kappa shape index (κ2) is 7.83. The van der Waals surface area contributed by atoms with Gasteiger partial charge in [-0.2, -0.15) is 0 Å². The third-order valence-corrected chi connectivity index (χ3v) is 8.81. The van der Waals surface area contributed by atoms with Gasteiger partial charge in [-0.15, -0.1) is 0 Å². The summed E-state index contributed by atoms with van der Waals surface area (Å²) in [6, 6.07) is 19.3. The Morgan fingerprint density at radius 2 is 1.54 bits per heavy atom. The van der Waals surface area contributed by atoms with E-state index in [9.17, 15) is 0 Å². The van der Waals surface area contributed by atoms with Crippen LogP contribution in [0.5, 0.6) is 0 Å². The van der Waals surface area contributed by atoms with Gasteiger partial charge in [-0.25, -0.2) is 0 Å². The van der Waals surface area contributed by atoms with Crippen LogP contribution in [0.1, 0.15) is 40.2 Å². The molecule has 0 saturated carbocycles.